The van der Waals surface area contributed by atoms with Crippen LogP contribution in [0.2, 0.25) is 0 Å². The Balaban J connectivity index is 1.45. The Morgan fingerprint density at radius 1 is 0.757 bits per heavy atom. The number of nitrogens with zero attached hydrogens (tertiary/aromatic N) is 2. The summed E-state index contributed by atoms with van der Waals surface area (Å²) in [5, 5.41) is 0. The van der Waals surface area contributed by atoms with Crippen LogP contribution >= 0.6 is 15.9 Å². The van der Waals surface area contributed by atoms with Gasteiger partial charge in [0.15, 0.2) is 0 Å². The van der Waals surface area contributed by atoms with E-state index in [1.807, 2.05) is 47.5 Å². The van der Waals surface area contributed by atoms with Crippen LogP contribution in [0.4, 0.5) is 0 Å². The third-order valence-corrected chi connectivity index (χ3v) is 8.26. The average Bonchev–Trinajstić information content (AvgIpc) is 2.92. The van der Waals surface area contributed by atoms with Gasteiger partial charge in [0, 0.05) is 41.8 Å². The normalized spacial score (nSPS) is 16.4. The molecule has 5 rings (SSSR count). The number of nitrogens with one attached hydrogen (secondary N) is 1. The largest absolute Gasteiger partial charge is 0.374 e. The van der Waals surface area contributed by atoms with Crippen molar-refractivity contribution in [2.45, 2.75) is 4.90 Å². The van der Waals surface area contributed by atoms with E-state index >= 15 is 0 Å². The molecule has 1 saturated heterocycles. The van der Waals surface area contributed by atoms with Gasteiger partial charge in [-0.15, -0.1) is 0 Å². The number of rotatable bonds is 6. The van der Waals surface area contributed by atoms with Crippen molar-refractivity contribution in [2.75, 3.05) is 26.2 Å². The van der Waals surface area contributed by atoms with E-state index in [1.165, 1.54) is 12.1 Å². The van der Waals surface area contributed by atoms with Gasteiger partial charge in [-0.2, -0.15) is 0 Å². The number of fused-ring (bicyclic) bond motifs is 1. The highest BCUT2D eigenvalue weighted by atomic mass is 79.9. The summed E-state index contributed by atoms with van der Waals surface area (Å²) in [6, 6.07) is 22.6. The van der Waals surface area contributed by atoms with Gasteiger partial charge in [-0.1, -0.05) is 70.5 Å². The van der Waals surface area contributed by atoms with Crippen LogP contribution < -0.4 is 4.72 Å². The molecular weight excluding hydrogens is 554 g/mol. The van der Waals surface area contributed by atoms with Crippen molar-refractivity contribution in [2.24, 2.45) is 0 Å². The van der Waals surface area contributed by atoms with Gasteiger partial charge in [-0.3, -0.25) is 14.3 Å². The summed E-state index contributed by atoms with van der Waals surface area (Å²) < 4.78 is 29.6. The standard InChI is InChI=1S/C28H24BrN3O4S/c29-21-10-12-22(13-11-21)37(35,36)30-25-26(28(34)24-9-5-4-8-23(24)27(25)33)32-18-16-31(17-19-32)15-14-20-6-2-1-3-7-20/h1-15,30H,16-19H2. The number of sulfonamides is 1. The molecule has 1 fully saturated rings. The minimum absolute atomic E-state index is 0.00229. The van der Waals surface area contributed by atoms with E-state index in [0.717, 1.165) is 10.0 Å². The van der Waals surface area contributed by atoms with Gasteiger partial charge in [0.25, 0.3) is 10.0 Å². The molecule has 37 heavy (non-hydrogen) atoms. The lowest BCUT2D eigenvalue weighted by Crippen LogP contribution is -2.48. The topological polar surface area (TPSA) is 86.8 Å². The van der Waals surface area contributed by atoms with E-state index < -0.39 is 15.8 Å². The molecule has 3 aromatic rings. The number of ketones is 2. The summed E-state index contributed by atoms with van der Waals surface area (Å²) in [5.41, 5.74) is 1.44. The van der Waals surface area contributed by atoms with Crippen molar-refractivity contribution < 1.29 is 18.0 Å². The molecule has 1 aliphatic heterocycles. The molecule has 0 aromatic heterocycles. The van der Waals surface area contributed by atoms with E-state index in [9.17, 15) is 18.0 Å². The molecule has 3 aromatic carbocycles. The van der Waals surface area contributed by atoms with E-state index in [-0.39, 0.29) is 33.2 Å². The Hall–Kier alpha value is -3.69. The van der Waals surface area contributed by atoms with Crippen molar-refractivity contribution in [3.63, 3.8) is 0 Å². The predicted octanol–water partition coefficient (Wildman–Crippen LogP) is 4.31. The minimum Gasteiger partial charge on any atom is -0.374 e. The van der Waals surface area contributed by atoms with E-state index in [1.54, 1.807) is 36.4 Å². The molecule has 2 aliphatic rings. The molecule has 9 heteroatoms. The van der Waals surface area contributed by atoms with Crippen LogP contribution in [0.5, 0.6) is 0 Å². The number of carbonyl (C=O) groups is 2. The van der Waals surface area contributed by atoms with Crippen LogP contribution in [0.25, 0.3) is 6.08 Å². The molecule has 0 amide bonds. The first-order valence-corrected chi connectivity index (χ1v) is 14.0. The second-order valence-electron chi connectivity index (χ2n) is 8.74. The summed E-state index contributed by atoms with van der Waals surface area (Å²) in [6.45, 7) is 2.14. The first-order valence-electron chi connectivity index (χ1n) is 11.8. The number of hydrogen-bond acceptors (Lipinski definition) is 6. The molecular formula is C28H24BrN3O4S. The predicted molar refractivity (Wildman–Crippen MR) is 145 cm³/mol. The Labute approximate surface area is 224 Å². The smallest absolute Gasteiger partial charge is 0.262 e. The molecule has 1 heterocycles. The monoisotopic (exact) mass is 577 g/mol. The molecule has 1 aliphatic carbocycles. The van der Waals surface area contributed by atoms with Crippen LogP contribution in [0.1, 0.15) is 26.3 Å². The quantitative estimate of drug-likeness (QED) is 0.470. The second-order valence-corrected chi connectivity index (χ2v) is 11.3. The van der Waals surface area contributed by atoms with Crippen LogP contribution in [-0.2, 0) is 10.0 Å². The van der Waals surface area contributed by atoms with Crippen LogP contribution in [-0.4, -0.2) is 56.0 Å². The number of allylic oxidation sites excluding steroid dienone is 2. The van der Waals surface area contributed by atoms with Crippen molar-refractivity contribution in [1.29, 1.82) is 0 Å². The molecule has 1 N–H and O–H groups in total. The molecule has 0 atom stereocenters. The van der Waals surface area contributed by atoms with Crippen LogP contribution in [0, 0.1) is 0 Å². The summed E-state index contributed by atoms with van der Waals surface area (Å²) in [6.07, 6.45) is 4.04. The molecule has 0 saturated carbocycles. The Morgan fingerprint density at radius 2 is 1.35 bits per heavy atom. The Bertz CT molecular complexity index is 1510. The van der Waals surface area contributed by atoms with Crippen molar-refractivity contribution >= 4 is 43.6 Å². The number of carbonyl (C=O) groups excluding carboxylic acids is 2. The fourth-order valence-electron chi connectivity index (χ4n) is 4.42. The molecule has 7 nitrogen and oxygen atoms in total. The highest BCUT2D eigenvalue weighted by molar-refractivity contribution is 9.10. The highest BCUT2D eigenvalue weighted by Crippen LogP contribution is 2.29. The maximum Gasteiger partial charge on any atom is 0.262 e. The van der Waals surface area contributed by atoms with Gasteiger partial charge < -0.3 is 9.80 Å². The number of hydrogen-bond donors (Lipinski definition) is 1. The zero-order chi connectivity index (χ0) is 26.0. The SMILES string of the molecule is O=C1C(NS(=O)(=O)c2ccc(Br)cc2)=C(N2CCN(C=Cc3ccccc3)CC2)C(=O)c2ccccc21. The lowest BCUT2D eigenvalue weighted by atomic mass is 9.90. The zero-order valence-corrected chi connectivity index (χ0v) is 22.2. The minimum atomic E-state index is -4.11. The maximum absolute atomic E-state index is 13.6. The third kappa shape index (κ3) is 5.23. The molecule has 188 valence electrons. The summed E-state index contributed by atoms with van der Waals surface area (Å²) in [4.78, 5) is 31.1. The highest BCUT2D eigenvalue weighted by Gasteiger charge is 2.38. The molecule has 0 radical (unpaired) electrons. The number of halogens is 1. The first kappa shape index (κ1) is 25.0. The zero-order valence-electron chi connectivity index (χ0n) is 19.8. The van der Waals surface area contributed by atoms with Gasteiger partial charge in [0.1, 0.15) is 11.4 Å². The molecule has 0 spiro atoms. The number of piperazine rings is 1. The Morgan fingerprint density at radius 3 is 2.00 bits per heavy atom. The van der Waals surface area contributed by atoms with E-state index in [4.69, 9.17) is 0 Å². The second kappa shape index (κ2) is 10.4. The van der Waals surface area contributed by atoms with E-state index in [2.05, 4.69) is 25.6 Å². The average molecular weight is 578 g/mol. The van der Waals surface area contributed by atoms with Crippen molar-refractivity contribution in [3.8, 4) is 0 Å². The summed E-state index contributed by atoms with van der Waals surface area (Å²) >= 11 is 3.30. The third-order valence-electron chi connectivity index (χ3n) is 6.36. The molecule has 0 unspecified atom stereocenters. The lowest BCUT2D eigenvalue weighted by Gasteiger charge is -2.38. The van der Waals surface area contributed by atoms with Crippen molar-refractivity contribution in [3.05, 3.63) is 118 Å². The summed E-state index contributed by atoms with van der Waals surface area (Å²) in [5.74, 6) is -0.880. The van der Waals surface area contributed by atoms with Crippen LogP contribution in [0.3, 0.4) is 0 Å². The molecule has 0 bridgehead atoms. The Kier molecular flexibility index (Phi) is 6.99. The first-order chi connectivity index (χ1) is 17.8. The number of Topliss-reactive ketones (excluding diaryl/α,β-unsaturated/α-hetero) is 2. The van der Waals surface area contributed by atoms with E-state index in [0.29, 0.717) is 26.2 Å². The van der Waals surface area contributed by atoms with Crippen molar-refractivity contribution in [1.82, 2.24) is 14.5 Å². The fraction of sp³-hybridized carbons (Fsp3) is 0.143. The lowest BCUT2D eigenvalue weighted by molar-refractivity contribution is 0.0918. The fourth-order valence-corrected chi connectivity index (χ4v) is 5.75. The van der Waals surface area contributed by atoms with Crippen LogP contribution in [0.15, 0.2) is 106 Å². The van der Waals surface area contributed by atoms with Gasteiger partial charge in [0.2, 0.25) is 11.6 Å². The van der Waals surface area contributed by atoms with Gasteiger partial charge in [-0.25, -0.2) is 8.42 Å². The van der Waals surface area contributed by atoms with Gasteiger partial charge in [0.05, 0.1) is 4.90 Å². The maximum atomic E-state index is 13.6. The van der Waals surface area contributed by atoms with Gasteiger partial charge >= 0.3 is 0 Å². The number of benzene rings is 3. The summed E-state index contributed by atoms with van der Waals surface area (Å²) in [7, 11) is -4.11. The van der Waals surface area contributed by atoms with Gasteiger partial charge in [-0.05, 0) is 42.1 Å².